The number of phosphoric acid groups is 1. The van der Waals surface area contributed by atoms with Crippen LogP contribution in [-0.2, 0) is 42.2 Å². The molecule has 0 saturated heterocycles. The second-order valence-corrected chi connectivity index (χ2v) is 17.6. The summed E-state index contributed by atoms with van der Waals surface area (Å²) in [6.45, 7) is 3.78. The first kappa shape index (κ1) is 56.5. The molecule has 0 heterocycles. The van der Waals surface area contributed by atoms with Crippen molar-refractivity contribution in [2.45, 2.75) is 238 Å². The van der Waals surface area contributed by atoms with E-state index in [2.05, 4.69) is 19.2 Å². The second-order valence-electron chi connectivity index (χ2n) is 16.2. The lowest BCUT2D eigenvalue weighted by Gasteiger charge is -2.25. The van der Waals surface area contributed by atoms with Crippen LogP contribution in [0.3, 0.4) is 0 Å². The van der Waals surface area contributed by atoms with Gasteiger partial charge in [0.2, 0.25) is 5.91 Å². The van der Waals surface area contributed by atoms with Crippen LogP contribution in [0, 0.1) is 0 Å². The molecule has 0 aromatic rings. The molecule has 1 amide bonds. The number of carbonyl (C=O) groups is 3. The quantitative estimate of drug-likeness (QED) is 0.0356. The van der Waals surface area contributed by atoms with Crippen LogP contribution in [0.4, 0.5) is 0 Å². The van der Waals surface area contributed by atoms with Gasteiger partial charge in [0, 0.05) is 39.5 Å². The predicted octanol–water partition coefficient (Wildman–Crippen LogP) is 12.0. The van der Waals surface area contributed by atoms with Gasteiger partial charge in [0.1, 0.15) is 6.61 Å². The highest BCUT2D eigenvalue weighted by atomic mass is 31.2. The summed E-state index contributed by atoms with van der Waals surface area (Å²) in [5, 5.41) is 2.58. The van der Waals surface area contributed by atoms with Gasteiger partial charge in [0.05, 0.1) is 13.2 Å². The number of nitrogens with one attached hydrogen (secondary N) is 1. The van der Waals surface area contributed by atoms with Gasteiger partial charge in [-0.05, 0) is 19.3 Å². The molecule has 2 atom stereocenters. The van der Waals surface area contributed by atoms with E-state index in [0.29, 0.717) is 25.9 Å². The monoisotopic (exact) mass is 847 g/mol. The van der Waals surface area contributed by atoms with Crippen LogP contribution >= 0.6 is 7.82 Å². The van der Waals surface area contributed by atoms with Crippen LogP contribution in [0.2, 0.25) is 0 Å². The van der Waals surface area contributed by atoms with E-state index in [1.54, 1.807) is 7.11 Å². The number of hydrogen-bond donors (Lipinski definition) is 1. The number of esters is 2. The van der Waals surface area contributed by atoms with E-state index in [1.165, 1.54) is 148 Å². The van der Waals surface area contributed by atoms with Crippen molar-refractivity contribution < 1.29 is 47.1 Å². The minimum absolute atomic E-state index is 0.0179. The fourth-order valence-electron chi connectivity index (χ4n) is 6.93. The van der Waals surface area contributed by atoms with Crippen LogP contribution in [0.1, 0.15) is 232 Å². The Morgan fingerprint density at radius 2 is 0.897 bits per heavy atom. The third-order valence-corrected chi connectivity index (χ3v) is 11.5. The average Bonchev–Trinajstić information content (AvgIpc) is 3.20. The molecule has 2 unspecified atom stereocenters. The Labute approximate surface area is 355 Å². The summed E-state index contributed by atoms with van der Waals surface area (Å²) in [4.78, 5) is 49.5. The van der Waals surface area contributed by atoms with Crippen molar-refractivity contribution in [3.05, 3.63) is 0 Å². The molecule has 0 aromatic carbocycles. The fourth-order valence-corrected chi connectivity index (χ4v) is 7.66. The number of methoxy groups -OCH3 is 1. The standard InChI is InChI=1S/C46H90NO10P/c1-4-6-8-10-12-14-16-18-20-22-24-26-28-30-32-36-45(49)54-41-43(42-56-58(51,52)55-40-38-47-44(48)35-34-39-53-3)57-46(50)37-33-31-29-27-25-23-21-19-17-15-13-11-9-7-5-2/h43H,4-42H2,1-3H3,(H,47,48)(H,51,52)/p-1. The molecule has 0 saturated carbocycles. The van der Waals surface area contributed by atoms with Crippen molar-refractivity contribution in [2.75, 3.05) is 40.1 Å². The Hall–Kier alpha value is -1.52. The van der Waals surface area contributed by atoms with Crippen molar-refractivity contribution >= 4 is 25.7 Å². The van der Waals surface area contributed by atoms with Crippen LogP contribution in [0.25, 0.3) is 0 Å². The zero-order valence-corrected chi connectivity index (χ0v) is 38.6. The van der Waals surface area contributed by atoms with Gasteiger partial charge in [0.25, 0.3) is 7.82 Å². The fraction of sp³-hybridized carbons (Fsp3) is 0.935. The summed E-state index contributed by atoms with van der Waals surface area (Å²) < 4.78 is 38.2. The number of amides is 1. The lowest BCUT2D eigenvalue weighted by Crippen LogP contribution is -2.31. The van der Waals surface area contributed by atoms with E-state index in [4.69, 9.17) is 23.3 Å². The van der Waals surface area contributed by atoms with Gasteiger partial charge in [0.15, 0.2) is 6.10 Å². The van der Waals surface area contributed by atoms with Gasteiger partial charge < -0.3 is 33.5 Å². The average molecular weight is 847 g/mol. The molecule has 0 aliphatic heterocycles. The zero-order chi connectivity index (χ0) is 42.6. The molecule has 11 nitrogen and oxygen atoms in total. The smallest absolute Gasteiger partial charge is 0.306 e. The minimum atomic E-state index is -4.78. The molecule has 0 aliphatic rings. The Kier molecular flexibility index (Phi) is 42.4. The van der Waals surface area contributed by atoms with Crippen molar-refractivity contribution in [2.24, 2.45) is 0 Å². The first-order valence-electron chi connectivity index (χ1n) is 23.9. The highest BCUT2D eigenvalue weighted by Crippen LogP contribution is 2.38. The van der Waals surface area contributed by atoms with Gasteiger partial charge in [-0.1, -0.05) is 194 Å². The van der Waals surface area contributed by atoms with E-state index in [9.17, 15) is 23.8 Å². The lowest BCUT2D eigenvalue weighted by atomic mass is 10.0. The molecule has 58 heavy (non-hydrogen) atoms. The topological polar surface area (TPSA) is 150 Å². The molecule has 12 heteroatoms. The normalized spacial score (nSPS) is 13.0. The van der Waals surface area contributed by atoms with E-state index in [-0.39, 0.29) is 44.9 Å². The van der Waals surface area contributed by atoms with E-state index in [1.807, 2.05) is 0 Å². The van der Waals surface area contributed by atoms with Gasteiger partial charge >= 0.3 is 11.9 Å². The van der Waals surface area contributed by atoms with Crippen molar-refractivity contribution in [1.82, 2.24) is 5.32 Å². The summed E-state index contributed by atoms with van der Waals surface area (Å²) in [7, 11) is -3.22. The van der Waals surface area contributed by atoms with Crippen LogP contribution in [-0.4, -0.2) is 64.0 Å². The number of unbranched alkanes of at least 4 members (excludes halogenated alkanes) is 28. The Morgan fingerprint density at radius 1 is 0.500 bits per heavy atom. The molecule has 1 N–H and O–H groups in total. The van der Waals surface area contributed by atoms with Crippen LogP contribution in [0.5, 0.6) is 0 Å². The van der Waals surface area contributed by atoms with Crippen molar-refractivity contribution in [3.8, 4) is 0 Å². The largest absolute Gasteiger partial charge is 0.756 e. The molecule has 0 bridgehead atoms. The Morgan fingerprint density at radius 3 is 1.31 bits per heavy atom. The zero-order valence-electron chi connectivity index (χ0n) is 37.7. The SMILES string of the molecule is CCCCCCCCCCCCCCCCCC(=O)OCC(COP(=O)([O-])OCCNC(=O)CCCOC)OC(=O)CCCCCCCCCCCCCCCCC. The van der Waals surface area contributed by atoms with E-state index >= 15 is 0 Å². The molecule has 0 aromatic heterocycles. The third-order valence-electron chi connectivity index (χ3n) is 10.5. The molecule has 0 radical (unpaired) electrons. The molecule has 344 valence electrons. The Bertz CT molecular complexity index is 984. The number of rotatable bonds is 46. The third kappa shape index (κ3) is 42.6. The predicted molar refractivity (Wildman–Crippen MR) is 234 cm³/mol. The number of carbonyl (C=O) groups excluding carboxylic acids is 3. The van der Waals surface area contributed by atoms with E-state index in [0.717, 1.165) is 32.1 Å². The first-order chi connectivity index (χ1) is 28.2. The van der Waals surface area contributed by atoms with E-state index < -0.39 is 32.5 Å². The summed E-state index contributed by atoms with van der Waals surface area (Å²) in [6, 6.07) is 0. The Balaban J connectivity index is 4.42. The number of ether oxygens (including phenoxy) is 3. The molecular formula is C46H89NO10P-. The summed E-state index contributed by atoms with van der Waals surface area (Å²) in [6.07, 6.45) is 37.0. The van der Waals surface area contributed by atoms with Gasteiger partial charge in [-0.25, -0.2) is 0 Å². The van der Waals surface area contributed by atoms with Crippen LogP contribution < -0.4 is 10.2 Å². The van der Waals surface area contributed by atoms with Gasteiger partial charge in [-0.15, -0.1) is 0 Å². The summed E-state index contributed by atoms with van der Waals surface area (Å²) >= 11 is 0. The molecule has 0 spiro atoms. The lowest BCUT2D eigenvalue weighted by molar-refractivity contribution is -0.228. The molecule has 0 fully saturated rings. The minimum Gasteiger partial charge on any atom is -0.756 e. The highest BCUT2D eigenvalue weighted by molar-refractivity contribution is 7.45. The summed E-state index contributed by atoms with van der Waals surface area (Å²) in [5.41, 5.74) is 0. The van der Waals surface area contributed by atoms with Gasteiger partial charge in [-0.3, -0.25) is 18.9 Å². The molecule has 0 rings (SSSR count). The van der Waals surface area contributed by atoms with Gasteiger partial charge in [-0.2, -0.15) is 0 Å². The maximum atomic E-state index is 12.7. The highest BCUT2D eigenvalue weighted by Gasteiger charge is 2.21. The second kappa shape index (κ2) is 43.6. The van der Waals surface area contributed by atoms with Crippen LogP contribution in [0.15, 0.2) is 0 Å². The molecular weight excluding hydrogens is 757 g/mol. The molecule has 0 aliphatic carbocycles. The maximum Gasteiger partial charge on any atom is 0.306 e. The van der Waals surface area contributed by atoms with Crippen molar-refractivity contribution in [1.29, 1.82) is 0 Å². The first-order valence-corrected chi connectivity index (χ1v) is 25.4. The number of phosphoric ester groups is 1. The van der Waals surface area contributed by atoms with Crippen molar-refractivity contribution in [3.63, 3.8) is 0 Å². The number of hydrogen-bond acceptors (Lipinski definition) is 10. The maximum absolute atomic E-state index is 12.7. The summed E-state index contributed by atoms with van der Waals surface area (Å²) in [5.74, 6) is -1.14.